The van der Waals surface area contributed by atoms with Crippen molar-refractivity contribution in [2.75, 3.05) is 18.1 Å². The van der Waals surface area contributed by atoms with E-state index in [4.69, 9.17) is 20.9 Å². The van der Waals surface area contributed by atoms with Gasteiger partial charge < -0.3 is 9.64 Å². The van der Waals surface area contributed by atoms with Crippen molar-refractivity contribution < 1.29 is 17.7 Å². The normalized spacial score (nSPS) is 13.9. The highest BCUT2D eigenvalue weighted by atomic mass is 35.5. The van der Waals surface area contributed by atoms with Crippen LogP contribution in [0, 0.1) is 11.3 Å². The minimum absolute atomic E-state index is 0.241. The molecule has 23 heavy (non-hydrogen) atoms. The maximum absolute atomic E-state index is 11.2. The van der Waals surface area contributed by atoms with E-state index in [0.29, 0.717) is 40.9 Å². The van der Waals surface area contributed by atoms with Gasteiger partial charge >= 0.3 is 0 Å². The van der Waals surface area contributed by atoms with Gasteiger partial charge in [0.2, 0.25) is 0 Å². The molecule has 0 amide bonds. The standard InChI is InChI=1S/C15H11ClN2O4S/c16-11-1-3-13(10(7-11)9-17)18-5-6-22-15-8-12(23(19,20)21)2-4-14(15)18/h1-4,7-8H,5-6H2,(H,19,20,21). The highest BCUT2D eigenvalue weighted by Crippen LogP contribution is 2.39. The third-order valence-electron chi connectivity index (χ3n) is 3.46. The zero-order chi connectivity index (χ0) is 16.6. The van der Waals surface area contributed by atoms with Crippen molar-refractivity contribution >= 4 is 33.1 Å². The molecule has 0 aromatic heterocycles. The van der Waals surface area contributed by atoms with E-state index in [1.165, 1.54) is 18.2 Å². The van der Waals surface area contributed by atoms with Crippen LogP contribution in [0.2, 0.25) is 5.02 Å². The van der Waals surface area contributed by atoms with Crippen LogP contribution in [0.4, 0.5) is 11.4 Å². The maximum atomic E-state index is 11.2. The minimum Gasteiger partial charge on any atom is -0.489 e. The molecule has 118 valence electrons. The van der Waals surface area contributed by atoms with Gasteiger partial charge in [-0.25, -0.2) is 0 Å². The average Bonchev–Trinajstić information content (AvgIpc) is 2.53. The number of hydrogen-bond donors (Lipinski definition) is 1. The van der Waals surface area contributed by atoms with Gasteiger partial charge in [-0.1, -0.05) is 11.6 Å². The average molecular weight is 351 g/mol. The molecule has 0 atom stereocenters. The van der Waals surface area contributed by atoms with E-state index in [1.54, 1.807) is 18.2 Å². The first-order valence-corrected chi connectivity index (χ1v) is 8.43. The van der Waals surface area contributed by atoms with Crippen LogP contribution >= 0.6 is 11.6 Å². The van der Waals surface area contributed by atoms with Crippen molar-refractivity contribution in [2.45, 2.75) is 4.90 Å². The second-order valence-electron chi connectivity index (χ2n) is 4.88. The first-order chi connectivity index (χ1) is 10.9. The SMILES string of the molecule is N#Cc1cc(Cl)ccc1N1CCOc2cc(S(=O)(=O)O)ccc21. The molecule has 6 nitrogen and oxygen atoms in total. The minimum atomic E-state index is -4.31. The Labute approximate surface area is 138 Å². The largest absolute Gasteiger partial charge is 0.489 e. The molecule has 1 N–H and O–H groups in total. The highest BCUT2D eigenvalue weighted by molar-refractivity contribution is 7.85. The number of hydrogen-bond acceptors (Lipinski definition) is 5. The summed E-state index contributed by atoms with van der Waals surface area (Å²) < 4.78 is 37.1. The molecule has 3 rings (SSSR count). The summed E-state index contributed by atoms with van der Waals surface area (Å²) in [5.74, 6) is 0.324. The first-order valence-electron chi connectivity index (χ1n) is 6.61. The number of nitrogens with zero attached hydrogens (tertiary/aromatic N) is 2. The van der Waals surface area contributed by atoms with Crippen LogP contribution in [0.5, 0.6) is 5.75 Å². The summed E-state index contributed by atoms with van der Waals surface area (Å²) in [6.45, 7) is 0.809. The Morgan fingerprint density at radius 2 is 1.96 bits per heavy atom. The molecule has 2 aromatic carbocycles. The zero-order valence-electron chi connectivity index (χ0n) is 11.7. The molecule has 0 aliphatic carbocycles. The van der Waals surface area contributed by atoms with E-state index in [1.807, 2.05) is 4.90 Å². The molecular formula is C15H11ClN2O4S. The van der Waals surface area contributed by atoms with Crippen LogP contribution in [-0.2, 0) is 10.1 Å². The molecule has 0 saturated carbocycles. The molecular weight excluding hydrogens is 340 g/mol. The number of ether oxygens (including phenoxy) is 1. The molecule has 0 spiro atoms. The Balaban J connectivity index is 2.12. The van der Waals surface area contributed by atoms with E-state index < -0.39 is 10.1 Å². The lowest BCUT2D eigenvalue weighted by Gasteiger charge is -2.32. The maximum Gasteiger partial charge on any atom is 0.294 e. The summed E-state index contributed by atoms with van der Waals surface area (Å²) in [6, 6.07) is 11.2. The van der Waals surface area contributed by atoms with Crippen molar-refractivity contribution in [3.63, 3.8) is 0 Å². The fourth-order valence-electron chi connectivity index (χ4n) is 2.44. The third kappa shape index (κ3) is 2.97. The Morgan fingerprint density at radius 3 is 2.65 bits per heavy atom. The lowest BCUT2D eigenvalue weighted by Crippen LogP contribution is -2.29. The van der Waals surface area contributed by atoms with Crippen LogP contribution in [0.3, 0.4) is 0 Å². The summed E-state index contributed by atoms with van der Waals surface area (Å²) in [7, 11) is -4.31. The van der Waals surface area contributed by atoms with E-state index in [2.05, 4.69) is 6.07 Å². The number of nitriles is 1. The Kier molecular flexibility index (Phi) is 3.90. The van der Waals surface area contributed by atoms with E-state index in [0.717, 1.165) is 0 Å². The van der Waals surface area contributed by atoms with Gasteiger partial charge in [-0.3, -0.25) is 4.55 Å². The fraction of sp³-hybridized carbons (Fsp3) is 0.133. The molecule has 1 heterocycles. The van der Waals surface area contributed by atoms with Crippen LogP contribution < -0.4 is 9.64 Å². The van der Waals surface area contributed by atoms with Gasteiger partial charge in [0.15, 0.2) is 0 Å². The lowest BCUT2D eigenvalue weighted by atomic mass is 10.1. The molecule has 8 heteroatoms. The van der Waals surface area contributed by atoms with Crippen LogP contribution in [0.15, 0.2) is 41.3 Å². The van der Waals surface area contributed by atoms with Gasteiger partial charge in [-0.15, -0.1) is 0 Å². The second-order valence-corrected chi connectivity index (χ2v) is 6.74. The van der Waals surface area contributed by atoms with Crippen LogP contribution in [-0.4, -0.2) is 26.1 Å². The highest BCUT2D eigenvalue weighted by Gasteiger charge is 2.24. The summed E-state index contributed by atoms with van der Waals surface area (Å²) >= 11 is 5.92. The predicted molar refractivity (Wildman–Crippen MR) is 84.9 cm³/mol. The quantitative estimate of drug-likeness (QED) is 0.837. The van der Waals surface area contributed by atoms with Gasteiger partial charge in [0.05, 0.1) is 28.4 Å². The fourth-order valence-corrected chi connectivity index (χ4v) is 3.11. The molecule has 0 saturated heterocycles. The molecule has 0 radical (unpaired) electrons. The molecule has 0 unspecified atom stereocenters. The van der Waals surface area contributed by atoms with E-state index in [9.17, 15) is 13.7 Å². The van der Waals surface area contributed by atoms with Gasteiger partial charge in [-0.2, -0.15) is 13.7 Å². The molecule has 0 bridgehead atoms. The second kappa shape index (κ2) is 5.74. The Bertz CT molecular complexity index is 922. The summed E-state index contributed by atoms with van der Waals surface area (Å²) in [4.78, 5) is 1.61. The Morgan fingerprint density at radius 1 is 1.22 bits per heavy atom. The monoisotopic (exact) mass is 350 g/mol. The van der Waals surface area contributed by atoms with Gasteiger partial charge in [0.1, 0.15) is 18.4 Å². The summed E-state index contributed by atoms with van der Waals surface area (Å²) in [5.41, 5.74) is 1.67. The van der Waals surface area contributed by atoms with Gasteiger partial charge in [0, 0.05) is 11.1 Å². The number of rotatable bonds is 2. The molecule has 0 fully saturated rings. The number of anilines is 2. The Hall–Kier alpha value is -2.27. The van der Waals surface area contributed by atoms with Crippen LogP contribution in [0.25, 0.3) is 0 Å². The first kappa shape index (κ1) is 15.6. The van der Waals surface area contributed by atoms with Crippen LogP contribution in [0.1, 0.15) is 5.56 Å². The van der Waals surface area contributed by atoms with Gasteiger partial charge in [-0.05, 0) is 30.3 Å². The number of benzene rings is 2. The van der Waals surface area contributed by atoms with Crippen molar-refractivity contribution in [1.29, 1.82) is 5.26 Å². The molecule has 2 aromatic rings. The third-order valence-corrected chi connectivity index (χ3v) is 4.55. The summed E-state index contributed by atoms with van der Waals surface area (Å²) in [6.07, 6.45) is 0. The number of halogens is 1. The van der Waals surface area contributed by atoms with E-state index in [-0.39, 0.29) is 4.90 Å². The van der Waals surface area contributed by atoms with Crippen molar-refractivity contribution in [3.8, 4) is 11.8 Å². The topological polar surface area (TPSA) is 90.6 Å². The molecule has 1 aliphatic heterocycles. The van der Waals surface area contributed by atoms with Gasteiger partial charge in [0.25, 0.3) is 10.1 Å². The lowest BCUT2D eigenvalue weighted by molar-refractivity contribution is 0.313. The number of fused-ring (bicyclic) bond motifs is 1. The predicted octanol–water partition coefficient (Wildman–Crippen LogP) is 2.99. The van der Waals surface area contributed by atoms with E-state index >= 15 is 0 Å². The molecule has 1 aliphatic rings. The van der Waals surface area contributed by atoms with Crippen molar-refractivity contribution in [3.05, 3.63) is 47.0 Å². The van der Waals surface area contributed by atoms with Crippen molar-refractivity contribution in [1.82, 2.24) is 0 Å². The zero-order valence-corrected chi connectivity index (χ0v) is 13.3. The summed E-state index contributed by atoms with van der Waals surface area (Å²) in [5, 5.41) is 9.75. The van der Waals surface area contributed by atoms with Crippen molar-refractivity contribution in [2.24, 2.45) is 0 Å². The smallest absolute Gasteiger partial charge is 0.294 e.